The van der Waals surface area contributed by atoms with Gasteiger partial charge in [0.1, 0.15) is 5.75 Å². The Morgan fingerprint density at radius 1 is 1.54 bits per heavy atom. The number of methoxy groups -OCH3 is 1. The zero-order valence-corrected chi connectivity index (χ0v) is 8.64. The van der Waals surface area contributed by atoms with E-state index in [2.05, 4.69) is 0 Å². The lowest BCUT2D eigenvalue weighted by Crippen LogP contribution is -2.17. The van der Waals surface area contributed by atoms with Gasteiger partial charge in [0.2, 0.25) is 0 Å². The van der Waals surface area contributed by atoms with Crippen molar-refractivity contribution in [2.24, 2.45) is 5.73 Å². The van der Waals surface area contributed by atoms with E-state index >= 15 is 0 Å². The second-order valence-electron chi connectivity index (χ2n) is 3.11. The van der Waals surface area contributed by atoms with Gasteiger partial charge in [-0.2, -0.15) is 0 Å². The molecule has 0 saturated heterocycles. The Bertz CT molecular complexity index is 286. The first kappa shape index (κ1) is 10.4. The Kier molecular flexibility index (Phi) is 3.58. The summed E-state index contributed by atoms with van der Waals surface area (Å²) in [5.41, 5.74) is 6.72. The molecule has 0 heterocycles. The monoisotopic (exact) mass is 199 g/mol. The van der Waals surface area contributed by atoms with Crippen molar-refractivity contribution in [2.45, 2.75) is 19.4 Å². The molecule has 0 aliphatic rings. The molecule has 0 aliphatic carbocycles. The van der Waals surface area contributed by atoms with Crippen molar-refractivity contribution in [1.82, 2.24) is 0 Å². The minimum Gasteiger partial charge on any atom is -0.495 e. The van der Waals surface area contributed by atoms with Crippen molar-refractivity contribution >= 4 is 11.6 Å². The molecule has 0 aromatic heterocycles. The average molecular weight is 200 g/mol. The van der Waals surface area contributed by atoms with E-state index in [9.17, 15) is 0 Å². The summed E-state index contributed by atoms with van der Waals surface area (Å²) in [5, 5.41) is 0.669. The standard InChI is InChI=1S/C10H14ClNO/c1-7(12)6-8-4-3-5-9(13-2)10(8)11/h3-5,7H,6,12H2,1-2H3/t7-/m1/s1. The second kappa shape index (κ2) is 4.49. The minimum absolute atomic E-state index is 0.115. The van der Waals surface area contributed by atoms with Crippen LogP contribution in [0.5, 0.6) is 5.75 Å². The Labute approximate surface area is 83.6 Å². The molecule has 2 nitrogen and oxygen atoms in total. The first-order chi connectivity index (χ1) is 6.15. The van der Waals surface area contributed by atoms with Crippen LogP contribution in [-0.4, -0.2) is 13.2 Å². The molecule has 0 aliphatic heterocycles. The lowest BCUT2D eigenvalue weighted by molar-refractivity contribution is 0.414. The Balaban J connectivity index is 2.94. The highest BCUT2D eigenvalue weighted by molar-refractivity contribution is 6.32. The first-order valence-electron chi connectivity index (χ1n) is 4.22. The molecule has 2 N–H and O–H groups in total. The summed E-state index contributed by atoms with van der Waals surface area (Å²) in [4.78, 5) is 0. The molecular weight excluding hydrogens is 186 g/mol. The lowest BCUT2D eigenvalue weighted by atomic mass is 10.1. The SMILES string of the molecule is COc1cccc(C[C@@H](C)N)c1Cl. The van der Waals surface area contributed by atoms with Gasteiger partial charge in [-0.1, -0.05) is 23.7 Å². The van der Waals surface area contributed by atoms with Gasteiger partial charge in [0.05, 0.1) is 12.1 Å². The predicted octanol–water partition coefficient (Wildman–Crippen LogP) is 2.24. The fourth-order valence-corrected chi connectivity index (χ4v) is 1.50. The highest BCUT2D eigenvalue weighted by atomic mass is 35.5. The molecule has 1 rings (SSSR count). The quantitative estimate of drug-likeness (QED) is 0.811. The largest absolute Gasteiger partial charge is 0.495 e. The molecule has 1 aromatic carbocycles. The number of nitrogens with two attached hydrogens (primary N) is 1. The van der Waals surface area contributed by atoms with Crippen LogP contribution in [0, 0.1) is 0 Å². The zero-order chi connectivity index (χ0) is 9.84. The summed E-state index contributed by atoms with van der Waals surface area (Å²) < 4.78 is 5.09. The van der Waals surface area contributed by atoms with Gasteiger partial charge in [-0.15, -0.1) is 0 Å². The van der Waals surface area contributed by atoms with Crippen LogP contribution >= 0.6 is 11.6 Å². The number of ether oxygens (including phenoxy) is 1. The molecule has 0 spiro atoms. The molecule has 1 atom stereocenters. The van der Waals surface area contributed by atoms with Gasteiger partial charge >= 0.3 is 0 Å². The molecule has 3 heteroatoms. The fourth-order valence-electron chi connectivity index (χ4n) is 1.22. The van der Waals surface area contributed by atoms with Gasteiger partial charge in [-0.3, -0.25) is 0 Å². The van der Waals surface area contributed by atoms with Crippen LogP contribution < -0.4 is 10.5 Å². The van der Waals surface area contributed by atoms with Crippen molar-refractivity contribution in [3.05, 3.63) is 28.8 Å². The van der Waals surface area contributed by atoms with E-state index in [1.165, 1.54) is 0 Å². The van der Waals surface area contributed by atoms with E-state index in [1.54, 1.807) is 7.11 Å². The van der Waals surface area contributed by atoms with E-state index in [1.807, 2.05) is 25.1 Å². The van der Waals surface area contributed by atoms with Crippen molar-refractivity contribution in [3.8, 4) is 5.75 Å². The Morgan fingerprint density at radius 2 is 2.23 bits per heavy atom. The van der Waals surface area contributed by atoms with Gasteiger partial charge < -0.3 is 10.5 Å². The summed E-state index contributed by atoms with van der Waals surface area (Å²) in [5.74, 6) is 0.708. The highest BCUT2D eigenvalue weighted by Gasteiger charge is 2.07. The van der Waals surface area contributed by atoms with Crippen molar-refractivity contribution in [2.75, 3.05) is 7.11 Å². The smallest absolute Gasteiger partial charge is 0.137 e. The third-order valence-electron chi connectivity index (χ3n) is 1.81. The van der Waals surface area contributed by atoms with Gasteiger partial charge in [0, 0.05) is 6.04 Å². The van der Waals surface area contributed by atoms with E-state index < -0.39 is 0 Å². The van der Waals surface area contributed by atoms with Crippen LogP contribution in [0.25, 0.3) is 0 Å². The molecule has 1 aromatic rings. The molecule has 0 radical (unpaired) electrons. The van der Waals surface area contributed by atoms with E-state index in [4.69, 9.17) is 22.1 Å². The third-order valence-corrected chi connectivity index (χ3v) is 2.23. The number of rotatable bonds is 3. The maximum absolute atomic E-state index is 6.07. The van der Waals surface area contributed by atoms with Crippen LogP contribution in [0.3, 0.4) is 0 Å². The summed E-state index contributed by atoms with van der Waals surface area (Å²) in [7, 11) is 1.61. The van der Waals surface area contributed by atoms with Gasteiger partial charge in [0.25, 0.3) is 0 Å². The van der Waals surface area contributed by atoms with E-state index in [0.717, 1.165) is 12.0 Å². The molecular formula is C10H14ClNO. The lowest BCUT2D eigenvalue weighted by Gasteiger charge is -2.10. The van der Waals surface area contributed by atoms with Crippen LogP contribution in [0.4, 0.5) is 0 Å². The van der Waals surface area contributed by atoms with Crippen molar-refractivity contribution in [1.29, 1.82) is 0 Å². The van der Waals surface area contributed by atoms with Crippen LogP contribution in [0.2, 0.25) is 5.02 Å². The fraction of sp³-hybridized carbons (Fsp3) is 0.400. The minimum atomic E-state index is 0.115. The number of benzene rings is 1. The summed E-state index contributed by atoms with van der Waals surface area (Å²) in [6.45, 7) is 1.95. The highest BCUT2D eigenvalue weighted by Crippen LogP contribution is 2.28. The van der Waals surface area contributed by atoms with Gasteiger partial charge in [-0.05, 0) is 25.0 Å². The number of halogens is 1. The third kappa shape index (κ3) is 2.61. The van der Waals surface area contributed by atoms with Crippen LogP contribution in [-0.2, 0) is 6.42 Å². The van der Waals surface area contributed by atoms with Crippen LogP contribution in [0.15, 0.2) is 18.2 Å². The van der Waals surface area contributed by atoms with E-state index in [-0.39, 0.29) is 6.04 Å². The van der Waals surface area contributed by atoms with Gasteiger partial charge in [0.15, 0.2) is 0 Å². The first-order valence-corrected chi connectivity index (χ1v) is 4.60. The second-order valence-corrected chi connectivity index (χ2v) is 3.49. The molecule has 0 unspecified atom stereocenters. The summed E-state index contributed by atoms with van der Waals surface area (Å²) >= 11 is 6.07. The zero-order valence-electron chi connectivity index (χ0n) is 7.88. The topological polar surface area (TPSA) is 35.2 Å². The Morgan fingerprint density at radius 3 is 2.77 bits per heavy atom. The van der Waals surface area contributed by atoms with Crippen LogP contribution in [0.1, 0.15) is 12.5 Å². The predicted molar refractivity (Wildman–Crippen MR) is 55.4 cm³/mol. The van der Waals surface area contributed by atoms with E-state index in [0.29, 0.717) is 10.8 Å². The van der Waals surface area contributed by atoms with Crippen molar-refractivity contribution < 1.29 is 4.74 Å². The average Bonchev–Trinajstić information content (AvgIpc) is 2.08. The number of hydrogen-bond donors (Lipinski definition) is 1. The summed E-state index contributed by atoms with van der Waals surface area (Å²) in [6.07, 6.45) is 0.774. The van der Waals surface area contributed by atoms with Gasteiger partial charge in [-0.25, -0.2) is 0 Å². The number of hydrogen-bond acceptors (Lipinski definition) is 2. The molecule has 13 heavy (non-hydrogen) atoms. The Hall–Kier alpha value is -0.730. The molecule has 72 valence electrons. The molecule has 0 saturated carbocycles. The maximum Gasteiger partial charge on any atom is 0.137 e. The summed E-state index contributed by atoms with van der Waals surface area (Å²) in [6, 6.07) is 5.84. The molecule has 0 fully saturated rings. The normalized spacial score (nSPS) is 12.6. The maximum atomic E-state index is 6.07. The molecule has 0 amide bonds. The molecule has 0 bridgehead atoms. The van der Waals surface area contributed by atoms with Crippen molar-refractivity contribution in [3.63, 3.8) is 0 Å².